The topological polar surface area (TPSA) is 46.3 Å². The Morgan fingerprint density at radius 2 is 0.882 bits per heavy atom. The van der Waals surface area contributed by atoms with Gasteiger partial charge in [-0.25, -0.2) is 4.99 Å². The van der Waals surface area contributed by atoms with Gasteiger partial charge in [-0.05, 0) is 68.8 Å². The van der Waals surface area contributed by atoms with E-state index in [1.165, 1.54) is 49.4 Å². The van der Waals surface area contributed by atoms with E-state index >= 15 is 0 Å². The van der Waals surface area contributed by atoms with Crippen molar-refractivity contribution in [3.63, 3.8) is 0 Å². The number of para-hydroxylation sites is 2. The highest BCUT2D eigenvalue weighted by atomic mass is 15.4. The van der Waals surface area contributed by atoms with Crippen molar-refractivity contribution < 1.29 is 0 Å². The van der Waals surface area contributed by atoms with Crippen LogP contribution in [-0.2, 0) is 0 Å². The number of benzene rings is 10. The minimum atomic E-state index is -0.412. The SMILES string of the molecule is c1ccc(-c2ccc(C3N=C(c4cccc(-c5ccccc5)c4)NC(n4c5ccccc5c5ccc6c7ccccc7n(-c7cccc(-c8ccccc8)c7-c7ccccc7)c6c54)N3)cc2)cc1. The highest BCUT2D eigenvalue weighted by Gasteiger charge is 2.31. The second-order valence-electron chi connectivity index (χ2n) is 17.6. The molecule has 2 aromatic heterocycles. The smallest absolute Gasteiger partial charge is 0.162 e. The van der Waals surface area contributed by atoms with Gasteiger partial charge >= 0.3 is 0 Å². The molecule has 0 amide bonds. The average Bonchev–Trinajstić information content (AvgIpc) is 3.95. The highest BCUT2D eigenvalue weighted by molar-refractivity contribution is 6.23. The van der Waals surface area contributed by atoms with Crippen LogP contribution in [0.1, 0.15) is 23.6 Å². The van der Waals surface area contributed by atoms with Crippen LogP contribution in [0.2, 0.25) is 0 Å². The maximum atomic E-state index is 5.50. The van der Waals surface area contributed by atoms with Crippen LogP contribution in [-0.4, -0.2) is 15.0 Å². The molecule has 10 aromatic carbocycles. The molecule has 12 aromatic rings. The van der Waals surface area contributed by atoms with E-state index < -0.39 is 6.29 Å². The second kappa shape index (κ2) is 16.6. The number of aromatic nitrogens is 2. The van der Waals surface area contributed by atoms with Gasteiger partial charge in [0.1, 0.15) is 12.0 Å². The molecule has 0 bridgehead atoms. The fourth-order valence-corrected chi connectivity index (χ4v) is 10.5. The van der Waals surface area contributed by atoms with Crippen LogP contribution in [0.25, 0.3) is 93.8 Å². The molecular formula is C63H45N5. The molecule has 68 heavy (non-hydrogen) atoms. The maximum absolute atomic E-state index is 5.50. The molecule has 5 heteroatoms. The van der Waals surface area contributed by atoms with Crippen molar-refractivity contribution in [3.8, 4) is 50.2 Å². The summed E-state index contributed by atoms with van der Waals surface area (Å²) < 4.78 is 5.02. The third-order valence-electron chi connectivity index (χ3n) is 13.6. The molecule has 2 unspecified atom stereocenters. The summed E-state index contributed by atoms with van der Waals surface area (Å²) >= 11 is 0. The molecule has 1 aliphatic heterocycles. The lowest BCUT2D eigenvalue weighted by atomic mass is 9.93. The van der Waals surface area contributed by atoms with E-state index in [-0.39, 0.29) is 6.17 Å². The third kappa shape index (κ3) is 6.71. The zero-order valence-electron chi connectivity index (χ0n) is 37.2. The lowest BCUT2D eigenvalue weighted by Gasteiger charge is -2.34. The average molecular weight is 872 g/mol. The second-order valence-corrected chi connectivity index (χ2v) is 17.6. The quantitative estimate of drug-likeness (QED) is 0.160. The van der Waals surface area contributed by atoms with Crippen molar-refractivity contribution in [3.05, 3.63) is 260 Å². The van der Waals surface area contributed by atoms with Crippen molar-refractivity contribution in [1.82, 2.24) is 19.8 Å². The van der Waals surface area contributed by atoms with Crippen LogP contribution in [0.4, 0.5) is 0 Å². The van der Waals surface area contributed by atoms with Crippen molar-refractivity contribution >= 4 is 49.4 Å². The van der Waals surface area contributed by atoms with E-state index in [1.54, 1.807) is 0 Å². The largest absolute Gasteiger partial charge is 0.337 e. The summed E-state index contributed by atoms with van der Waals surface area (Å²) in [5.41, 5.74) is 17.1. The Morgan fingerprint density at radius 1 is 0.368 bits per heavy atom. The van der Waals surface area contributed by atoms with Crippen LogP contribution in [0.5, 0.6) is 0 Å². The molecule has 3 heterocycles. The van der Waals surface area contributed by atoms with Gasteiger partial charge in [0.25, 0.3) is 0 Å². The van der Waals surface area contributed by atoms with Gasteiger partial charge in [-0.1, -0.05) is 224 Å². The maximum Gasteiger partial charge on any atom is 0.162 e. The summed E-state index contributed by atoms with van der Waals surface area (Å²) in [7, 11) is 0. The molecular weight excluding hydrogens is 827 g/mol. The molecule has 13 rings (SSSR count). The first-order valence-corrected chi connectivity index (χ1v) is 23.4. The van der Waals surface area contributed by atoms with Gasteiger partial charge in [0.05, 0.1) is 27.8 Å². The zero-order valence-corrected chi connectivity index (χ0v) is 37.2. The summed E-state index contributed by atoms with van der Waals surface area (Å²) in [6.07, 6.45) is -0.777. The number of hydrogen-bond donors (Lipinski definition) is 2. The molecule has 0 saturated carbocycles. The van der Waals surface area contributed by atoms with E-state index in [2.05, 4.69) is 268 Å². The molecule has 1 aliphatic rings. The van der Waals surface area contributed by atoms with Gasteiger partial charge < -0.3 is 14.5 Å². The summed E-state index contributed by atoms with van der Waals surface area (Å²) in [6.45, 7) is 0. The Labute approximate surface area is 394 Å². The number of rotatable bonds is 8. The van der Waals surface area contributed by atoms with Crippen LogP contribution < -0.4 is 10.6 Å². The fourth-order valence-electron chi connectivity index (χ4n) is 10.5. The minimum Gasteiger partial charge on any atom is -0.337 e. The van der Waals surface area contributed by atoms with Crippen molar-refractivity contribution in [2.24, 2.45) is 4.99 Å². The number of nitrogens with one attached hydrogen (secondary N) is 2. The molecule has 0 fully saturated rings. The highest BCUT2D eigenvalue weighted by Crippen LogP contribution is 2.45. The predicted molar refractivity (Wildman–Crippen MR) is 283 cm³/mol. The number of fused-ring (bicyclic) bond motifs is 7. The predicted octanol–water partition coefficient (Wildman–Crippen LogP) is 15.4. The molecule has 322 valence electrons. The van der Waals surface area contributed by atoms with Crippen LogP contribution >= 0.6 is 0 Å². The molecule has 2 atom stereocenters. The summed E-state index contributed by atoms with van der Waals surface area (Å²) in [5, 5.41) is 12.8. The first-order chi connectivity index (χ1) is 33.7. The van der Waals surface area contributed by atoms with E-state index in [0.717, 1.165) is 61.4 Å². The lowest BCUT2D eigenvalue weighted by Crippen LogP contribution is -2.47. The monoisotopic (exact) mass is 871 g/mol. The summed E-state index contributed by atoms with van der Waals surface area (Å²) in [5.74, 6) is 0.823. The molecule has 0 spiro atoms. The van der Waals surface area contributed by atoms with Gasteiger partial charge in [-0.15, -0.1) is 0 Å². The number of nitrogens with zero attached hydrogens (tertiary/aromatic N) is 3. The van der Waals surface area contributed by atoms with Crippen LogP contribution in [0.3, 0.4) is 0 Å². The first-order valence-electron chi connectivity index (χ1n) is 23.4. The van der Waals surface area contributed by atoms with Gasteiger partial charge in [-0.3, -0.25) is 5.32 Å². The van der Waals surface area contributed by atoms with Gasteiger partial charge in [-0.2, -0.15) is 0 Å². The standard InChI is InChI=1S/C63H45N5/c1-5-19-42(20-6-1)44-35-37-47(38-36-44)61-64-62(49-28-17-27-48(41-49)43-21-7-2-8-22-43)66-63(65-61)68-56-33-16-14-30-52(56)54-40-39-53-51-29-13-15-32-55(51)67(59(53)60(54)68)57-34-18-31-50(45-23-9-3-10-24-45)58(57)46-25-11-4-12-26-46/h1-41,61,63,65H,(H,64,66). The lowest BCUT2D eigenvalue weighted by molar-refractivity contribution is 0.330. The Hall–Kier alpha value is -8.77. The van der Waals surface area contributed by atoms with Gasteiger partial charge in [0.2, 0.25) is 0 Å². The Bertz CT molecular complexity index is 3830. The normalized spacial score (nSPS) is 14.9. The van der Waals surface area contributed by atoms with Gasteiger partial charge in [0.15, 0.2) is 6.29 Å². The summed E-state index contributed by atoms with van der Waals surface area (Å²) in [6, 6.07) is 89.5. The molecule has 5 nitrogen and oxygen atoms in total. The molecule has 2 N–H and O–H groups in total. The Kier molecular flexibility index (Phi) is 9.66. The fraction of sp³-hybridized carbons (Fsp3) is 0.0317. The first kappa shape index (κ1) is 39.6. The number of amidine groups is 1. The molecule has 0 saturated heterocycles. The van der Waals surface area contributed by atoms with Crippen LogP contribution in [0, 0.1) is 0 Å². The Balaban J connectivity index is 1.07. The zero-order chi connectivity index (χ0) is 45.0. The van der Waals surface area contributed by atoms with E-state index in [9.17, 15) is 0 Å². The van der Waals surface area contributed by atoms with Crippen molar-refractivity contribution in [2.45, 2.75) is 12.5 Å². The molecule has 0 radical (unpaired) electrons. The Morgan fingerprint density at radius 3 is 1.57 bits per heavy atom. The van der Waals surface area contributed by atoms with E-state index in [1.807, 2.05) is 0 Å². The van der Waals surface area contributed by atoms with E-state index in [4.69, 9.17) is 4.99 Å². The summed E-state index contributed by atoms with van der Waals surface area (Å²) in [4.78, 5) is 5.50. The minimum absolute atomic E-state index is 0.366. The number of aliphatic imine (C=N–C) groups is 1. The molecule has 0 aliphatic carbocycles. The van der Waals surface area contributed by atoms with E-state index in [0.29, 0.717) is 0 Å². The van der Waals surface area contributed by atoms with Crippen molar-refractivity contribution in [1.29, 1.82) is 0 Å². The number of hydrogen-bond acceptors (Lipinski definition) is 3. The van der Waals surface area contributed by atoms with Crippen LogP contribution in [0.15, 0.2) is 254 Å². The third-order valence-corrected chi connectivity index (χ3v) is 13.6. The van der Waals surface area contributed by atoms with Crippen molar-refractivity contribution in [2.75, 3.05) is 0 Å². The van der Waals surface area contributed by atoms with Gasteiger partial charge in [0, 0.05) is 32.7 Å².